The molecule has 0 N–H and O–H groups in total. The molecule has 0 bridgehead atoms. The number of carbonyl (C=O) groups is 1. The van der Waals surface area contributed by atoms with Gasteiger partial charge in [0.2, 0.25) is 0 Å². The van der Waals surface area contributed by atoms with Crippen molar-refractivity contribution in [2.24, 2.45) is 0 Å². The maximum Gasteiger partial charge on any atom is 0.418 e. The highest BCUT2D eigenvalue weighted by Crippen LogP contribution is 2.32. The van der Waals surface area contributed by atoms with Crippen LogP contribution in [0, 0.1) is 0 Å². The van der Waals surface area contributed by atoms with Crippen LogP contribution in [0.5, 0.6) is 0 Å². The maximum absolute atomic E-state index is 12.6. The van der Waals surface area contributed by atoms with Crippen molar-refractivity contribution in [2.75, 3.05) is 6.61 Å². The fourth-order valence-corrected chi connectivity index (χ4v) is 1.38. The van der Waals surface area contributed by atoms with Crippen LogP contribution in [0.3, 0.4) is 0 Å². The van der Waals surface area contributed by atoms with Crippen LogP contribution < -0.4 is 0 Å². The summed E-state index contributed by atoms with van der Waals surface area (Å²) >= 11 is 5.52. The van der Waals surface area contributed by atoms with E-state index in [4.69, 9.17) is 11.6 Å². The van der Waals surface area contributed by atoms with Gasteiger partial charge in [-0.1, -0.05) is 11.6 Å². The molecular weight excluding hydrogens is 259 g/mol. The third-order valence-corrected chi connectivity index (χ3v) is 2.10. The number of pyridine rings is 1. The zero-order chi connectivity index (χ0) is 13.1. The Bertz CT molecular complexity index is 421. The van der Waals surface area contributed by atoms with E-state index in [1.807, 2.05) is 0 Å². The number of rotatable bonds is 3. The summed E-state index contributed by atoms with van der Waals surface area (Å²) < 4.78 is 42.3. The molecular formula is C10H9ClF3NO2. The molecule has 1 heterocycles. The molecule has 1 aromatic heterocycles. The number of ether oxygens (including phenoxy) is 1. The first-order chi connectivity index (χ1) is 7.80. The van der Waals surface area contributed by atoms with Crippen molar-refractivity contribution in [2.45, 2.75) is 19.5 Å². The smallest absolute Gasteiger partial charge is 0.418 e. The van der Waals surface area contributed by atoms with E-state index >= 15 is 0 Å². The Morgan fingerprint density at radius 1 is 1.47 bits per heavy atom. The van der Waals surface area contributed by atoms with Crippen LogP contribution in [-0.2, 0) is 22.1 Å². The summed E-state index contributed by atoms with van der Waals surface area (Å²) in [5.74, 6) is -0.555. The van der Waals surface area contributed by atoms with Gasteiger partial charge in [-0.3, -0.25) is 4.79 Å². The topological polar surface area (TPSA) is 39.2 Å². The fourth-order valence-electron chi connectivity index (χ4n) is 1.21. The van der Waals surface area contributed by atoms with Crippen LogP contribution in [0.15, 0.2) is 12.1 Å². The molecule has 0 aliphatic carbocycles. The van der Waals surface area contributed by atoms with Crippen LogP contribution in [-0.4, -0.2) is 17.6 Å². The Labute approximate surface area is 101 Å². The molecule has 7 heteroatoms. The third-order valence-electron chi connectivity index (χ3n) is 1.89. The lowest BCUT2D eigenvalue weighted by molar-refractivity contribution is -0.141. The summed E-state index contributed by atoms with van der Waals surface area (Å²) in [4.78, 5) is 14.1. The second-order valence-electron chi connectivity index (χ2n) is 3.22. The molecule has 0 aliphatic rings. The number of alkyl halides is 3. The van der Waals surface area contributed by atoms with E-state index in [0.29, 0.717) is 0 Å². The Hall–Kier alpha value is -1.30. The Morgan fingerprint density at radius 2 is 2.12 bits per heavy atom. The normalized spacial score (nSPS) is 11.4. The predicted molar refractivity (Wildman–Crippen MR) is 54.6 cm³/mol. The summed E-state index contributed by atoms with van der Waals surface area (Å²) in [6.45, 7) is 1.02. The molecule has 0 spiro atoms. The van der Waals surface area contributed by atoms with Crippen LogP contribution in [0.2, 0.25) is 5.15 Å². The number of hydrogen-bond acceptors (Lipinski definition) is 3. The molecule has 94 valence electrons. The molecule has 1 rings (SSSR count). The zero-order valence-electron chi connectivity index (χ0n) is 8.84. The largest absolute Gasteiger partial charge is 0.465 e. The number of carbonyl (C=O) groups excluding carboxylic acids is 1. The fraction of sp³-hybridized carbons (Fsp3) is 0.400. The number of nitrogens with zero attached hydrogens (tertiary/aromatic N) is 1. The van der Waals surface area contributed by atoms with Gasteiger partial charge in [0.05, 0.1) is 17.9 Å². The van der Waals surface area contributed by atoms with Crippen LogP contribution >= 0.6 is 11.6 Å². The van der Waals surface area contributed by atoms with E-state index in [9.17, 15) is 18.0 Å². The van der Waals surface area contributed by atoms with Gasteiger partial charge in [-0.25, -0.2) is 4.98 Å². The van der Waals surface area contributed by atoms with Crippen molar-refractivity contribution in [1.82, 2.24) is 4.98 Å². The predicted octanol–water partition coefficient (Wildman–Crippen LogP) is 2.86. The Kier molecular flexibility index (Phi) is 4.34. The third kappa shape index (κ3) is 4.22. The van der Waals surface area contributed by atoms with E-state index in [2.05, 4.69) is 9.72 Å². The van der Waals surface area contributed by atoms with E-state index in [1.54, 1.807) is 0 Å². The van der Waals surface area contributed by atoms with E-state index in [1.165, 1.54) is 6.92 Å². The summed E-state index contributed by atoms with van der Waals surface area (Å²) in [6, 6.07) is 1.93. The van der Waals surface area contributed by atoms with Crippen molar-refractivity contribution >= 4 is 17.6 Å². The second kappa shape index (κ2) is 5.35. The molecule has 0 saturated carbocycles. The maximum atomic E-state index is 12.6. The van der Waals surface area contributed by atoms with Crippen molar-refractivity contribution in [3.8, 4) is 0 Å². The summed E-state index contributed by atoms with van der Waals surface area (Å²) in [6.07, 6.45) is -4.63. The summed E-state index contributed by atoms with van der Waals surface area (Å²) in [7, 11) is 0. The number of aromatic nitrogens is 1. The molecule has 0 saturated heterocycles. The minimum atomic E-state index is -4.50. The van der Waals surface area contributed by atoms with E-state index < -0.39 is 17.7 Å². The average Bonchev–Trinajstić information content (AvgIpc) is 2.15. The minimum Gasteiger partial charge on any atom is -0.465 e. The van der Waals surface area contributed by atoms with Gasteiger partial charge in [-0.15, -0.1) is 0 Å². The van der Waals surface area contributed by atoms with Crippen molar-refractivity contribution < 1.29 is 22.7 Å². The van der Waals surface area contributed by atoms with Gasteiger partial charge in [0.25, 0.3) is 0 Å². The lowest BCUT2D eigenvalue weighted by Crippen LogP contribution is -2.13. The lowest BCUT2D eigenvalue weighted by Gasteiger charge is -2.11. The molecule has 0 fully saturated rings. The molecule has 0 radical (unpaired) electrons. The van der Waals surface area contributed by atoms with Gasteiger partial charge in [0.15, 0.2) is 0 Å². The van der Waals surface area contributed by atoms with Gasteiger partial charge >= 0.3 is 12.1 Å². The van der Waals surface area contributed by atoms with Gasteiger partial charge in [-0.05, 0) is 12.1 Å². The van der Waals surface area contributed by atoms with Gasteiger partial charge in [0.1, 0.15) is 5.15 Å². The summed E-state index contributed by atoms with van der Waals surface area (Å²) in [5.41, 5.74) is -1.10. The Morgan fingerprint density at radius 3 is 2.65 bits per heavy atom. The van der Waals surface area contributed by atoms with Crippen LogP contribution in [0.25, 0.3) is 0 Å². The van der Waals surface area contributed by atoms with Gasteiger partial charge in [0, 0.05) is 13.3 Å². The number of esters is 1. The molecule has 0 unspecified atom stereocenters. The quantitative estimate of drug-likeness (QED) is 0.624. The first kappa shape index (κ1) is 13.8. The number of hydrogen-bond donors (Lipinski definition) is 0. The number of halogens is 4. The monoisotopic (exact) mass is 267 g/mol. The lowest BCUT2D eigenvalue weighted by atomic mass is 10.1. The van der Waals surface area contributed by atoms with Crippen molar-refractivity contribution in [1.29, 1.82) is 0 Å². The SMILES string of the molecule is CC(=O)OCCc1nc(Cl)ccc1C(F)(F)F. The minimum absolute atomic E-state index is 0.0316. The summed E-state index contributed by atoms with van der Waals surface area (Å²) in [5, 5.41) is -0.0316. The first-order valence-electron chi connectivity index (χ1n) is 4.66. The van der Waals surface area contributed by atoms with Crippen LogP contribution in [0.1, 0.15) is 18.2 Å². The molecule has 3 nitrogen and oxygen atoms in total. The molecule has 0 atom stereocenters. The highest BCUT2D eigenvalue weighted by atomic mass is 35.5. The van der Waals surface area contributed by atoms with Crippen LogP contribution in [0.4, 0.5) is 13.2 Å². The van der Waals surface area contributed by atoms with Crippen molar-refractivity contribution in [3.05, 3.63) is 28.5 Å². The molecule has 0 aliphatic heterocycles. The molecule has 0 aromatic carbocycles. The highest BCUT2D eigenvalue weighted by molar-refractivity contribution is 6.29. The van der Waals surface area contributed by atoms with E-state index in [-0.39, 0.29) is 23.9 Å². The van der Waals surface area contributed by atoms with E-state index in [0.717, 1.165) is 12.1 Å². The first-order valence-corrected chi connectivity index (χ1v) is 5.04. The standard InChI is InChI=1S/C10H9ClF3NO2/c1-6(16)17-5-4-8-7(10(12,13)14)2-3-9(11)15-8/h2-3H,4-5H2,1H3. The van der Waals surface area contributed by atoms with Crippen molar-refractivity contribution in [3.63, 3.8) is 0 Å². The zero-order valence-corrected chi connectivity index (χ0v) is 9.60. The molecule has 17 heavy (non-hydrogen) atoms. The molecule has 1 aromatic rings. The highest BCUT2D eigenvalue weighted by Gasteiger charge is 2.34. The Balaban J connectivity index is 2.88. The van der Waals surface area contributed by atoms with Gasteiger partial charge < -0.3 is 4.74 Å². The van der Waals surface area contributed by atoms with Gasteiger partial charge in [-0.2, -0.15) is 13.2 Å². The second-order valence-corrected chi connectivity index (χ2v) is 3.60. The molecule has 0 amide bonds. The average molecular weight is 268 g/mol.